The van der Waals surface area contributed by atoms with Crippen LogP contribution in [0, 0.1) is 0 Å². The van der Waals surface area contributed by atoms with Gasteiger partial charge in [0.25, 0.3) is 6.47 Å². The van der Waals surface area contributed by atoms with Crippen molar-refractivity contribution in [2.75, 3.05) is 13.2 Å². The predicted molar refractivity (Wildman–Crippen MR) is 52.9 cm³/mol. The smallest absolute Gasteiger partial charge is 0.290 e. The molecule has 0 aliphatic carbocycles. The molecule has 5 nitrogen and oxygen atoms in total. The zero-order chi connectivity index (χ0) is 11.2. The van der Waals surface area contributed by atoms with Gasteiger partial charge in [-0.3, -0.25) is 9.59 Å². The maximum Gasteiger partial charge on any atom is 0.290 e. The molecule has 0 saturated heterocycles. The number of carbonyl (C=O) groups is 2. The molecule has 0 heterocycles. The third kappa shape index (κ3) is 17.1. The molecule has 0 spiro atoms. The maximum atomic E-state index is 10.5. The van der Waals surface area contributed by atoms with Crippen molar-refractivity contribution < 1.29 is 19.8 Å². The van der Waals surface area contributed by atoms with Crippen LogP contribution in [0.5, 0.6) is 0 Å². The fraction of sp³-hybridized carbons (Fsp3) is 0.778. The van der Waals surface area contributed by atoms with Gasteiger partial charge in [0.1, 0.15) is 6.61 Å². The zero-order valence-corrected chi connectivity index (χ0v) is 8.53. The molecule has 0 rings (SSSR count). The molecule has 5 heteroatoms. The monoisotopic (exact) mass is 205 g/mol. The second kappa shape index (κ2) is 14.4. The molecular weight excluding hydrogens is 186 g/mol. The van der Waals surface area contributed by atoms with E-state index < -0.39 is 6.61 Å². The second-order valence-electron chi connectivity index (χ2n) is 2.67. The highest BCUT2D eigenvalue weighted by atomic mass is 16.3. The molecule has 0 aromatic heterocycles. The van der Waals surface area contributed by atoms with Crippen LogP contribution in [0.2, 0.25) is 0 Å². The van der Waals surface area contributed by atoms with E-state index in [4.69, 9.17) is 15.0 Å². The summed E-state index contributed by atoms with van der Waals surface area (Å²) in [5.74, 6) is -0.276. The predicted octanol–water partition coefficient (Wildman–Crippen LogP) is 0.376. The molecule has 0 aromatic carbocycles. The Kier molecular flexibility index (Phi) is 15.8. The number of aliphatic hydroxyl groups is 1. The lowest BCUT2D eigenvalue weighted by atomic mass is 10.2. The Morgan fingerprint density at radius 2 is 1.93 bits per heavy atom. The van der Waals surface area contributed by atoms with Crippen LogP contribution in [0.25, 0.3) is 0 Å². The Balaban J connectivity index is 0. The third-order valence-corrected chi connectivity index (χ3v) is 1.50. The van der Waals surface area contributed by atoms with Gasteiger partial charge in [0.05, 0.1) is 0 Å². The van der Waals surface area contributed by atoms with Gasteiger partial charge in [-0.05, 0) is 6.42 Å². The van der Waals surface area contributed by atoms with Crippen molar-refractivity contribution in [2.24, 2.45) is 0 Å². The fourth-order valence-electron chi connectivity index (χ4n) is 0.835. The highest BCUT2D eigenvalue weighted by Crippen LogP contribution is 1.96. The number of carboxylic acid groups (broad SMARTS) is 1. The molecule has 0 radical (unpaired) electrons. The molecular formula is C9H19NO4. The molecule has 0 aromatic rings. The number of hydrogen-bond acceptors (Lipinski definition) is 3. The summed E-state index contributed by atoms with van der Waals surface area (Å²) >= 11 is 0. The first-order chi connectivity index (χ1) is 6.72. The number of unbranched alkanes of at least 4 members (excludes halogenated alkanes) is 3. The van der Waals surface area contributed by atoms with Crippen molar-refractivity contribution >= 4 is 12.4 Å². The maximum absolute atomic E-state index is 10.5. The van der Waals surface area contributed by atoms with Crippen LogP contribution in [0.15, 0.2) is 0 Å². The molecule has 84 valence electrons. The average Bonchev–Trinajstić information content (AvgIpc) is 2.18. The van der Waals surface area contributed by atoms with Gasteiger partial charge in [-0.25, -0.2) is 0 Å². The van der Waals surface area contributed by atoms with Crippen LogP contribution in [0.3, 0.4) is 0 Å². The van der Waals surface area contributed by atoms with Crippen molar-refractivity contribution in [1.82, 2.24) is 5.32 Å². The van der Waals surface area contributed by atoms with E-state index in [0.717, 1.165) is 12.8 Å². The first kappa shape index (κ1) is 15.4. The normalized spacial score (nSPS) is 8.43. The van der Waals surface area contributed by atoms with Crippen LogP contribution < -0.4 is 5.32 Å². The largest absolute Gasteiger partial charge is 0.483 e. The minimum Gasteiger partial charge on any atom is -0.483 e. The van der Waals surface area contributed by atoms with Crippen molar-refractivity contribution in [1.29, 1.82) is 0 Å². The minimum absolute atomic E-state index is 0.250. The van der Waals surface area contributed by atoms with E-state index in [0.29, 0.717) is 6.54 Å². The molecule has 0 unspecified atom stereocenters. The summed E-state index contributed by atoms with van der Waals surface area (Å²) in [6.45, 7) is 2.19. The molecule has 0 aliphatic rings. The molecule has 0 fully saturated rings. The summed E-state index contributed by atoms with van der Waals surface area (Å²) in [5, 5.41) is 17.8. The summed E-state index contributed by atoms with van der Waals surface area (Å²) < 4.78 is 0. The molecule has 0 atom stereocenters. The van der Waals surface area contributed by atoms with E-state index >= 15 is 0 Å². The summed E-state index contributed by atoms with van der Waals surface area (Å²) in [4.78, 5) is 18.8. The minimum atomic E-state index is -0.395. The summed E-state index contributed by atoms with van der Waals surface area (Å²) in [6, 6.07) is 0. The quantitative estimate of drug-likeness (QED) is 0.432. The van der Waals surface area contributed by atoms with Gasteiger partial charge in [0.2, 0.25) is 5.91 Å². The van der Waals surface area contributed by atoms with E-state index in [9.17, 15) is 4.79 Å². The van der Waals surface area contributed by atoms with Crippen LogP contribution >= 0.6 is 0 Å². The average molecular weight is 205 g/mol. The van der Waals surface area contributed by atoms with Gasteiger partial charge in [-0.1, -0.05) is 26.2 Å². The lowest BCUT2D eigenvalue weighted by Crippen LogP contribution is -2.26. The standard InChI is InChI=1S/C8H17NO2.CH2O2/c1-2-3-4-5-6-9-8(11)7-10;2-1-3/h10H,2-7H2,1H3,(H,9,11);1H,(H,2,3). The van der Waals surface area contributed by atoms with Gasteiger partial charge < -0.3 is 15.5 Å². The Bertz CT molecular complexity index is 139. The van der Waals surface area contributed by atoms with Crippen LogP contribution in [-0.2, 0) is 9.59 Å². The SMILES string of the molecule is CCCCCCNC(=O)CO.O=CO. The molecule has 14 heavy (non-hydrogen) atoms. The Hall–Kier alpha value is -1.10. The number of carbonyl (C=O) groups excluding carboxylic acids is 1. The van der Waals surface area contributed by atoms with Crippen LogP contribution in [0.4, 0.5) is 0 Å². The van der Waals surface area contributed by atoms with Gasteiger partial charge in [0, 0.05) is 6.54 Å². The molecule has 0 bridgehead atoms. The van der Waals surface area contributed by atoms with Crippen LogP contribution in [0.1, 0.15) is 32.6 Å². The molecule has 1 amide bonds. The molecule has 0 saturated carbocycles. The second-order valence-corrected chi connectivity index (χ2v) is 2.67. The fourth-order valence-corrected chi connectivity index (χ4v) is 0.835. The lowest BCUT2D eigenvalue weighted by molar-refractivity contribution is -0.124. The Morgan fingerprint density at radius 3 is 2.36 bits per heavy atom. The number of aliphatic hydroxyl groups excluding tert-OH is 1. The first-order valence-electron chi connectivity index (χ1n) is 4.68. The highest BCUT2D eigenvalue weighted by Gasteiger charge is 1.94. The number of nitrogens with one attached hydrogen (secondary N) is 1. The number of rotatable bonds is 6. The van der Waals surface area contributed by atoms with Crippen molar-refractivity contribution in [3.63, 3.8) is 0 Å². The van der Waals surface area contributed by atoms with E-state index in [2.05, 4.69) is 12.2 Å². The van der Waals surface area contributed by atoms with E-state index in [1.165, 1.54) is 12.8 Å². The van der Waals surface area contributed by atoms with Crippen molar-refractivity contribution in [3.05, 3.63) is 0 Å². The third-order valence-electron chi connectivity index (χ3n) is 1.50. The van der Waals surface area contributed by atoms with Crippen molar-refractivity contribution in [3.8, 4) is 0 Å². The van der Waals surface area contributed by atoms with Crippen molar-refractivity contribution in [2.45, 2.75) is 32.6 Å². The summed E-state index contributed by atoms with van der Waals surface area (Å²) in [7, 11) is 0. The van der Waals surface area contributed by atoms with Gasteiger partial charge in [0.15, 0.2) is 0 Å². The highest BCUT2D eigenvalue weighted by molar-refractivity contribution is 5.76. The van der Waals surface area contributed by atoms with Gasteiger partial charge in [-0.15, -0.1) is 0 Å². The number of amides is 1. The summed E-state index contributed by atoms with van der Waals surface area (Å²) in [6.07, 6.45) is 4.59. The first-order valence-corrected chi connectivity index (χ1v) is 4.68. The molecule has 3 N–H and O–H groups in total. The molecule has 0 aliphatic heterocycles. The lowest BCUT2D eigenvalue weighted by Gasteiger charge is -2.01. The zero-order valence-electron chi connectivity index (χ0n) is 8.53. The number of hydrogen-bond donors (Lipinski definition) is 3. The van der Waals surface area contributed by atoms with E-state index in [1.807, 2.05) is 0 Å². The van der Waals surface area contributed by atoms with E-state index in [1.54, 1.807) is 0 Å². The Morgan fingerprint density at radius 1 is 1.36 bits per heavy atom. The van der Waals surface area contributed by atoms with Gasteiger partial charge in [-0.2, -0.15) is 0 Å². The van der Waals surface area contributed by atoms with Crippen LogP contribution in [-0.4, -0.2) is 35.7 Å². The topological polar surface area (TPSA) is 86.6 Å². The van der Waals surface area contributed by atoms with Gasteiger partial charge >= 0.3 is 0 Å². The van der Waals surface area contributed by atoms with E-state index in [-0.39, 0.29) is 12.4 Å². The Labute approximate surface area is 84.1 Å². The summed E-state index contributed by atoms with van der Waals surface area (Å²) in [5.41, 5.74) is 0.